The molecule has 2 rings (SSSR count). The summed E-state index contributed by atoms with van der Waals surface area (Å²) in [6.45, 7) is 3.14. The molecule has 14 nitrogen and oxygen atoms in total. The number of carbonyl (C=O) groups is 3. The van der Waals surface area contributed by atoms with Crippen LogP contribution in [0.4, 0.5) is 0 Å². The van der Waals surface area contributed by atoms with E-state index in [0.717, 1.165) is 0 Å². The maximum absolute atomic E-state index is 10.8. The van der Waals surface area contributed by atoms with Gasteiger partial charge in [0, 0.05) is 6.42 Å². The molecule has 0 aliphatic carbocycles. The van der Waals surface area contributed by atoms with Gasteiger partial charge >= 0.3 is 0 Å². The van der Waals surface area contributed by atoms with Crippen molar-refractivity contribution in [1.82, 2.24) is 0 Å². The van der Waals surface area contributed by atoms with Crippen LogP contribution in [0.1, 0.15) is 33.6 Å². The van der Waals surface area contributed by atoms with E-state index in [2.05, 4.69) is 4.74 Å². The zero-order chi connectivity index (χ0) is 26.7. The van der Waals surface area contributed by atoms with Gasteiger partial charge < -0.3 is 55.4 Å². The van der Waals surface area contributed by atoms with E-state index in [1.54, 1.807) is 0 Å². The summed E-state index contributed by atoms with van der Waals surface area (Å²) in [6.07, 6.45) is -12.9. The van der Waals surface area contributed by atoms with Gasteiger partial charge in [0.05, 0.1) is 25.7 Å². The molecular weight excluding hydrogens is 464 g/mol. The van der Waals surface area contributed by atoms with E-state index in [4.69, 9.17) is 35.4 Å². The summed E-state index contributed by atoms with van der Waals surface area (Å²) in [4.78, 5) is 30.9. The van der Waals surface area contributed by atoms with E-state index >= 15 is 0 Å². The molecule has 10 atom stereocenters. The summed E-state index contributed by atoms with van der Waals surface area (Å²) in [5.41, 5.74) is 0. The predicted molar refractivity (Wildman–Crippen MR) is 111 cm³/mol. The number of aliphatic hydroxyl groups excluding tert-OH is 9. The molecule has 2 heterocycles. The second-order valence-electron chi connectivity index (χ2n) is 8.07. The molecule has 0 aromatic heterocycles. The van der Waals surface area contributed by atoms with Crippen LogP contribution < -0.4 is 0 Å². The van der Waals surface area contributed by atoms with Gasteiger partial charge in [0.25, 0.3) is 0 Å². The number of ketones is 3. The summed E-state index contributed by atoms with van der Waals surface area (Å²) in [7, 11) is 0. The molecular formula is C20H36O14. The largest absolute Gasteiger partial charge is 0.394 e. The van der Waals surface area contributed by atoms with Crippen LogP contribution in [0, 0.1) is 0 Å². The minimum absolute atomic E-state index is 0.0541. The van der Waals surface area contributed by atoms with Crippen LogP contribution >= 0.6 is 0 Å². The molecule has 2 saturated heterocycles. The van der Waals surface area contributed by atoms with E-state index in [1.165, 1.54) is 20.8 Å². The van der Waals surface area contributed by atoms with Crippen LogP contribution in [0.3, 0.4) is 0 Å². The molecule has 0 aromatic carbocycles. The molecule has 0 spiro atoms. The molecule has 0 bridgehead atoms. The molecule has 0 radical (unpaired) electrons. The third-order valence-corrected chi connectivity index (χ3v) is 4.84. The smallest absolute Gasteiger partial charge is 0.184 e. The highest BCUT2D eigenvalue weighted by molar-refractivity contribution is 5.96. The maximum Gasteiger partial charge on any atom is 0.184 e. The Morgan fingerprint density at radius 2 is 0.941 bits per heavy atom. The quantitative estimate of drug-likeness (QED) is 0.155. The van der Waals surface area contributed by atoms with Gasteiger partial charge in [-0.15, -0.1) is 0 Å². The maximum atomic E-state index is 10.8. The highest BCUT2D eigenvalue weighted by Gasteiger charge is 2.44. The van der Waals surface area contributed by atoms with E-state index in [1.807, 2.05) is 0 Å². The molecule has 9 N–H and O–H groups in total. The fourth-order valence-corrected chi connectivity index (χ4v) is 3.06. The molecule has 2 fully saturated rings. The first-order valence-electron chi connectivity index (χ1n) is 10.4. The normalized spacial score (nSPS) is 37.4. The highest BCUT2D eigenvalue weighted by atomic mass is 16.6. The number of ether oxygens (including phenoxy) is 2. The lowest BCUT2D eigenvalue weighted by Crippen LogP contribution is -2.58. The standard InChI is InChI=1S/C9H16O6.C6H12O6.C5H8O2/c1-4(11)2-5-7(12)9(14)8(13)6(3-10)15-5;7-1-2-3(8)4(9)5(10)6(11)12-2;1-4(6)3-5(2)7/h5-10,12-14H,2-3H2,1H3;2-11H,1H2;3H2,1-2H3/t5-,6+,7-,8+,9+;2-,3-,4+,5-,6+;/m01./s1. The van der Waals surface area contributed by atoms with Gasteiger partial charge in [0.1, 0.15) is 66.2 Å². The average molecular weight is 500 g/mol. The van der Waals surface area contributed by atoms with Crippen molar-refractivity contribution in [1.29, 1.82) is 0 Å². The summed E-state index contributed by atoms with van der Waals surface area (Å²) in [5, 5.41) is 81.8. The van der Waals surface area contributed by atoms with Crippen molar-refractivity contribution >= 4 is 17.3 Å². The Bertz CT molecular complexity index is 624. The van der Waals surface area contributed by atoms with Crippen LogP contribution in [0.15, 0.2) is 0 Å². The van der Waals surface area contributed by atoms with Gasteiger partial charge in [-0.1, -0.05) is 0 Å². The predicted octanol–water partition coefficient (Wildman–Crippen LogP) is -4.86. The zero-order valence-corrected chi connectivity index (χ0v) is 19.2. The monoisotopic (exact) mass is 500 g/mol. The fraction of sp³-hybridized carbons (Fsp3) is 0.850. The van der Waals surface area contributed by atoms with Gasteiger partial charge in [0.15, 0.2) is 6.29 Å². The average Bonchev–Trinajstić information content (AvgIpc) is 2.74. The van der Waals surface area contributed by atoms with Crippen LogP contribution in [0.25, 0.3) is 0 Å². The lowest BCUT2D eigenvalue weighted by atomic mass is 9.93. The van der Waals surface area contributed by atoms with E-state index in [0.29, 0.717) is 0 Å². The third-order valence-electron chi connectivity index (χ3n) is 4.84. The Labute approximate surface area is 196 Å². The number of hydrogen-bond donors (Lipinski definition) is 9. The summed E-state index contributed by atoms with van der Waals surface area (Å²) < 4.78 is 9.69. The van der Waals surface area contributed by atoms with Gasteiger partial charge in [-0.05, 0) is 20.8 Å². The Kier molecular flexibility index (Phi) is 14.9. The number of rotatable bonds is 6. The summed E-state index contributed by atoms with van der Waals surface area (Å²) >= 11 is 0. The third kappa shape index (κ3) is 10.5. The van der Waals surface area contributed by atoms with Crippen molar-refractivity contribution in [3.8, 4) is 0 Å². The number of carbonyl (C=O) groups excluding carboxylic acids is 3. The van der Waals surface area contributed by atoms with E-state index in [9.17, 15) is 29.7 Å². The van der Waals surface area contributed by atoms with Crippen molar-refractivity contribution < 1.29 is 69.8 Å². The van der Waals surface area contributed by atoms with Crippen molar-refractivity contribution in [2.24, 2.45) is 0 Å². The number of aliphatic hydroxyl groups is 9. The lowest BCUT2D eigenvalue weighted by Gasteiger charge is -2.39. The summed E-state index contributed by atoms with van der Waals surface area (Å²) in [6, 6.07) is 0. The first-order valence-corrected chi connectivity index (χ1v) is 10.4. The second-order valence-corrected chi connectivity index (χ2v) is 8.07. The van der Waals surface area contributed by atoms with Crippen molar-refractivity contribution in [2.45, 2.75) is 94.8 Å². The Hall–Kier alpha value is -1.43. The highest BCUT2D eigenvalue weighted by Crippen LogP contribution is 2.23. The first-order chi connectivity index (χ1) is 15.7. The van der Waals surface area contributed by atoms with Gasteiger partial charge in [-0.25, -0.2) is 0 Å². The Morgan fingerprint density at radius 3 is 1.29 bits per heavy atom. The minimum atomic E-state index is -1.57. The summed E-state index contributed by atoms with van der Waals surface area (Å²) in [5.74, 6) is -0.320. The lowest BCUT2D eigenvalue weighted by molar-refractivity contribution is -0.286. The number of Topliss-reactive ketones (excluding diaryl/α,β-unsaturated/α-hetero) is 3. The molecule has 0 aromatic rings. The topological polar surface area (TPSA) is 252 Å². The fourth-order valence-electron chi connectivity index (χ4n) is 3.06. The molecule has 0 amide bonds. The number of hydrogen-bond acceptors (Lipinski definition) is 14. The second kappa shape index (κ2) is 15.5. The molecule has 2 aliphatic heterocycles. The van der Waals surface area contributed by atoms with Gasteiger partial charge in [-0.3, -0.25) is 14.4 Å². The molecule has 34 heavy (non-hydrogen) atoms. The minimum Gasteiger partial charge on any atom is -0.394 e. The molecule has 0 saturated carbocycles. The molecule has 200 valence electrons. The van der Waals surface area contributed by atoms with Crippen molar-refractivity contribution in [2.75, 3.05) is 13.2 Å². The SMILES string of the molecule is CC(=O)CC(C)=O.CC(=O)C[C@@H]1O[C@H](CO)[C@@H](O)[C@H](O)[C@H]1O.OC[C@H]1O[C@H](O)[C@H](O)[C@@H](O)[C@@H]1O. The van der Waals surface area contributed by atoms with Crippen LogP contribution in [-0.2, 0) is 23.9 Å². The Balaban J connectivity index is 0.000000514. The van der Waals surface area contributed by atoms with Crippen molar-refractivity contribution in [3.63, 3.8) is 0 Å². The van der Waals surface area contributed by atoms with Crippen LogP contribution in [-0.4, -0.2) is 138 Å². The van der Waals surface area contributed by atoms with Crippen LogP contribution in [0.5, 0.6) is 0 Å². The van der Waals surface area contributed by atoms with Gasteiger partial charge in [-0.2, -0.15) is 0 Å². The molecule has 0 unspecified atom stereocenters. The van der Waals surface area contributed by atoms with E-state index in [-0.39, 0.29) is 30.2 Å². The van der Waals surface area contributed by atoms with Crippen molar-refractivity contribution in [3.05, 3.63) is 0 Å². The van der Waals surface area contributed by atoms with Gasteiger partial charge in [0.2, 0.25) is 0 Å². The zero-order valence-electron chi connectivity index (χ0n) is 19.2. The van der Waals surface area contributed by atoms with Crippen LogP contribution in [0.2, 0.25) is 0 Å². The first kappa shape index (κ1) is 32.6. The molecule has 2 aliphatic rings. The molecule has 14 heteroatoms. The van der Waals surface area contributed by atoms with E-state index < -0.39 is 74.4 Å². The Morgan fingerprint density at radius 1 is 0.559 bits per heavy atom.